The molecule has 0 spiro atoms. The Morgan fingerprint density at radius 2 is 2.32 bits per heavy atom. The lowest BCUT2D eigenvalue weighted by Crippen LogP contribution is -2.58. The molecule has 0 aromatic carbocycles. The number of carbonyl (C=O) groups excluding carboxylic acids is 3. The summed E-state index contributed by atoms with van der Waals surface area (Å²) >= 11 is 1.67. The molecule has 102 valence electrons. The number of aryl methyl sites for hydroxylation is 1. The molecule has 1 N–H and O–H groups in total. The first kappa shape index (κ1) is 13.7. The monoisotopic (exact) mass is 280 g/mol. The molecule has 0 radical (unpaired) electrons. The SMILES string of the molecule is CC1C(=O)NC(=O)CN1C(=O)CCCc1cccs1. The highest BCUT2D eigenvalue weighted by atomic mass is 32.1. The van der Waals surface area contributed by atoms with E-state index in [9.17, 15) is 14.4 Å². The number of thiophene rings is 1. The molecule has 19 heavy (non-hydrogen) atoms. The predicted molar refractivity (Wildman–Crippen MR) is 71.6 cm³/mol. The maximum Gasteiger partial charge on any atom is 0.249 e. The van der Waals surface area contributed by atoms with Crippen LogP contribution in [-0.2, 0) is 20.8 Å². The standard InChI is InChI=1S/C13H16N2O3S/c1-9-13(18)14-11(16)8-15(9)12(17)6-2-4-10-5-3-7-19-10/h3,5,7,9H,2,4,6,8H2,1H3,(H,14,16,18). The van der Waals surface area contributed by atoms with Gasteiger partial charge in [-0.15, -0.1) is 11.3 Å². The molecular formula is C13H16N2O3S. The topological polar surface area (TPSA) is 66.5 Å². The fourth-order valence-electron chi connectivity index (χ4n) is 2.03. The maximum atomic E-state index is 12.0. The second-order valence-electron chi connectivity index (χ2n) is 4.54. The molecule has 0 saturated carbocycles. The van der Waals surface area contributed by atoms with Crippen LogP contribution in [0.2, 0.25) is 0 Å². The molecule has 2 rings (SSSR count). The van der Waals surface area contributed by atoms with E-state index < -0.39 is 17.9 Å². The Kier molecular flexibility index (Phi) is 4.31. The summed E-state index contributed by atoms with van der Waals surface area (Å²) < 4.78 is 0. The summed E-state index contributed by atoms with van der Waals surface area (Å²) in [6.45, 7) is 1.61. The third-order valence-electron chi connectivity index (χ3n) is 3.14. The van der Waals surface area contributed by atoms with Gasteiger partial charge in [0.25, 0.3) is 0 Å². The number of imide groups is 1. The number of carbonyl (C=O) groups is 3. The number of hydrogen-bond donors (Lipinski definition) is 1. The summed E-state index contributed by atoms with van der Waals surface area (Å²) in [5.74, 6) is -0.940. The Morgan fingerprint density at radius 1 is 1.53 bits per heavy atom. The van der Waals surface area contributed by atoms with Crippen LogP contribution in [0, 0.1) is 0 Å². The number of piperazine rings is 1. The van der Waals surface area contributed by atoms with Crippen molar-refractivity contribution in [2.45, 2.75) is 32.2 Å². The molecule has 0 bridgehead atoms. The summed E-state index contributed by atoms with van der Waals surface area (Å²) in [5, 5.41) is 4.23. The van der Waals surface area contributed by atoms with Crippen LogP contribution < -0.4 is 5.32 Å². The van der Waals surface area contributed by atoms with E-state index in [0.717, 1.165) is 12.8 Å². The molecule has 2 heterocycles. The molecular weight excluding hydrogens is 264 g/mol. The number of hydrogen-bond acceptors (Lipinski definition) is 4. The van der Waals surface area contributed by atoms with E-state index in [0.29, 0.717) is 6.42 Å². The Bertz CT molecular complexity index is 484. The molecule has 1 fully saturated rings. The van der Waals surface area contributed by atoms with Gasteiger partial charge in [0, 0.05) is 11.3 Å². The molecule has 1 unspecified atom stereocenters. The van der Waals surface area contributed by atoms with Crippen LogP contribution >= 0.6 is 11.3 Å². The predicted octanol–water partition coefficient (Wildman–Crippen LogP) is 0.944. The van der Waals surface area contributed by atoms with E-state index in [-0.39, 0.29) is 12.5 Å². The molecule has 3 amide bonds. The summed E-state index contributed by atoms with van der Waals surface area (Å²) in [6, 6.07) is 3.46. The van der Waals surface area contributed by atoms with Crippen molar-refractivity contribution >= 4 is 29.1 Å². The van der Waals surface area contributed by atoms with Crippen LogP contribution in [0.15, 0.2) is 17.5 Å². The number of nitrogens with one attached hydrogen (secondary N) is 1. The summed E-state index contributed by atoms with van der Waals surface area (Å²) in [4.78, 5) is 37.4. The van der Waals surface area contributed by atoms with E-state index in [1.54, 1.807) is 18.3 Å². The van der Waals surface area contributed by atoms with Crippen LogP contribution in [0.3, 0.4) is 0 Å². The van der Waals surface area contributed by atoms with Crippen LogP contribution in [0.25, 0.3) is 0 Å². The fraction of sp³-hybridized carbons (Fsp3) is 0.462. The van der Waals surface area contributed by atoms with Gasteiger partial charge in [-0.2, -0.15) is 0 Å². The first-order chi connectivity index (χ1) is 9.08. The van der Waals surface area contributed by atoms with Crippen molar-refractivity contribution in [2.75, 3.05) is 6.54 Å². The zero-order valence-electron chi connectivity index (χ0n) is 10.7. The Balaban J connectivity index is 1.85. The van der Waals surface area contributed by atoms with E-state index >= 15 is 0 Å². The zero-order chi connectivity index (χ0) is 13.8. The molecule has 1 atom stereocenters. The van der Waals surface area contributed by atoms with Crippen molar-refractivity contribution in [3.63, 3.8) is 0 Å². The number of amides is 3. The Hall–Kier alpha value is -1.69. The van der Waals surface area contributed by atoms with Gasteiger partial charge in [-0.25, -0.2) is 0 Å². The van der Waals surface area contributed by atoms with E-state index in [1.165, 1.54) is 9.78 Å². The minimum Gasteiger partial charge on any atom is -0.322 e. The van der Waals surface area contributed by atoms with Gasteiger partial charge in [-0.1, -0.05) is 6.07 Å². The van der Waals surface area contributed by atoms with Crippen LogP contribution in [0.1, 0.15) is 24.6 Å². The lowest BCUT2D eigenvalue weighted by Gasteiger charge is -2.31. The highest BCUT2D eigenvalue weighted by molar-refractivity contribution is 7.09. The van der Waals surface area contributed by atoms with Crippen molar-refractivity contribution in [1.29, 1.82) is 0 Å². The highest BCUT2D eigenvalue weighted by Crippen LogP contribution is 2.14. The van der Waals surface area contributed by atoms with Crippen molar-refractivity contribution < 1.29 is 14.4 Å². The smallest absolute Gasteiger partial charge is 0.249 e. The molecule has 6 heteroatoms. The first-order valence-corrected chi connectivity index (χ1v) is 7.11. The molecule has 1 aromatic rings. The Labute approximate surface area is 115 Å². The second-order valence-corrected chi connectivity index (χ2v) is 5.58. The van der Waals surface area contributed by atoms with Crippen LogP contribution in [0.4, 0.5) is 0 Å². The van der Waals surface area contributed by atoms with Crippen molar-refractivity contribution in [3.8, 4) is 0 Å². The Morgan fingerprint density at radius 3 is 3.00 bits per heavy atom. The van der Waals surface area contributed by atoms with E-state index in [4.69, 9.17) is 0 Å². The average Bonchev–Trinajstić information content (AvgIpc) is 2.86. The normalized spacial score (nSPS) is 19.4. The van der Waals surface area contributed by atoms with Gasteiger partial charge in [0.1, 0.15) is 12.6 Å². The van der Waals surface area contributed by atoms with Gasteiger partial charge in [-0.3, -0.25) is 19.7 Å². The largest absolute Gasteiger partial charge is 0.322 e. The maximum absolute atomic E-state index is 12.0. The lowest BCUT2D eigenvalue weighted by molar-refractivity contribution is -0.149. The van der Waals surface area contributed by atoms with E-state index in [2.05, 4.69) is 5.32 Å². The minimum absolute atomic E-state index is 0.0231. The van der Waals surface area contributed by atoms with Crippen LogP contribution in [0.5, 0.6) is 0 Å². The van der Waals surface area contributed by atoms with Gasteiger partial charge >= 0.3 is 0 Å². The molecule has 1 saturated heterocycles. The lowest BCUT2D eigenvalue weighted by atomic mass is 10.1. The van der Waals surface area contributed by atoms with Gasteiger partial charge in [0.2, 0.25) is 17.7 Å². The highest BCUT2D eigenvalue weighted by Gasteiger charge is 2.32. The van der Waals surface area contributed by atoms with Gasteiger partial charge in [0.15, 0.2) is 0 Å². The summed E-state index contributed by atoms with van der Waals surface area (Å²) in [5.41, 5.74) is 0. The summed E-state index contributed by atoms with van der Waals surface area (Å²) in [7, 11) is 0. The first-order valence-electron chi connectivity index (χ1n) is 6.23. The fourth-order valence-corrected chi connectivity index (χ4v) is 2.78. The zero-order valence-corrected chi connectivity index (χ0v) is 11.5. The van der Waals surface area contributed by atoms with Crippen LogP contribution in [-0.4, -0.2) is 35.2 Å². The molecule has 1 aliphatic rings. The second kappa shape index (κ2) is 5.97. The van der Waals surface area contributed by atoms with Gasteiger partial charge < -0.3 is 4.90 Å². The third-order valence-corrected chi connectivity index (χ3v) is 4.07. The van der Waals surface area contributed by atoms with E-state index in [1.807, 2.05) is 17.5 Å². The number of nitrogens with zero attached hydrogens (tertiary/aromatic N) is 1. The molecule has 5 nitrogen and oxygen atoms in total. The summed E-state index contributed by atoms with van der Waals surface area (Å²) in [6.07, 6.45) is 1.95. The molecule has 1 aliphatic heterocycles. The molecule has 0 aliphatic carbocycles. The average molecular weight is 280 g/mol. The van der Waals surface area contributed by atoms with Crippen molar-refractivity contribution in [1.82, 2.24) is 10.2 Å². The third kappa shape index (κ3) is 3.41. The molecule has 1 aromatic heterocycles. The van der Waals surface area contributed by atoms with Crippen molar-refractivity contribution in [3.05, 3.63) is 22.4 Å². The number of rotatable bonds is 4. The van der Waals surface area contributed by atoms with Crippen molar-refractivity contribution in [2.24, 2.45) is 0 Å². The van der Waals surface area contributed by atoms with Gasteiger partial charge in [-0.05, 0) is 31.2 Å². The minimum atomic E-state index is -0.563. The van der Waals surface area contributed by atoms with Gasteiger partial charge in [0.05, 0.1) is 0 Å². The quantitative estimate of drug-likeness (QED) is 0.835.